The molecule has 0 amide bonds. The first-order valence-corrected chi connectivity index (χ1v) is 3.80. The van der Waals surface area contributed by atoms with E-state index >= 15 is 0 Å². The Labute approximate surface area is 87.4 Å². The molecule has 0 saturated heterocycles. The zero-order chi connectivity index (χ0) is 12.5. The monoisotopic (exact) mass is 227 g/mol. The van der Waals surface area contributed by atoms with Crippen LogP contribution in [0, 0.1) is 20.2 Å². The van der Waals surface area contributed by atoms with Gasteiger partial charge in [-0.1, -0.05) is 0 Å². The van der Waals surface area contributed by atoms with Gasteiger partial charge in [-0.05, 0) is 0 Å². The van der Waals surface area contributed by atoms with Crippen molar-refractivity contribution in [1.29, 1.82) is 0 Å². The summed E-state index contributed by atoms with van der Waals surface area (Å²) in [6.45, 7) is 0. The number of carbonyl (C=O) groups is 1. The summed E-state index contributed by atoms with van der Waals surface area (Å²) in [7, 11) is 0. The number of hydrogen-bond acceptors (Lipinski definition) is 6. The predicted octanol–water partition coefficient (Wildman–Crippen LogP) is 0.783. The van der Waals surface area contributed by atoms with Crippen LogP contribution in [0.4, 0.5) is 17.1 Å². The number of nitrogens with two attached hydrogens (primary N) is 1. The molecule has 0 saturated carbocycles. The minimum Gasteiger partial charge on any atom is -0.478 e. The van der Waals surface area contributed by atoms with E-state index in [-0.39, 0.29) is 0 Å². The van der Waals surface area contributed by atoms with Crippen LogP contribution in [0.2, 0.25) is 0 Å². The molecular weight excluding hydrogens is 222 g/mol. The summed E-state index contributed by atoms with van der Waals surface area (Å²) in [5.41, 5.74) is 2.53. The van der Waals surface area contributed by atoms with Crippen LogP contribution in [0.5, 0.6) is 0 Å². The summed E-state index contributed by atoms with van der Waals surface area (Å²) in [6.07, 6.45) is 0. The van der Waals surface area contributed by atoms with Crippen LogP contribution >= 0.6 is 0 Å². The molecule has 9 heteroatoms. The second-order valence-electron chi connectivity index (χ2n) is 2.75. The SMILES string of the molecule is Nc1cc([N+](=O)[O-])c([N+](=O)[O-])cc1C(=O)O. The van der Waals surface area contributed by atoms with Crippen molar-refractivity contribution in [3.8, 4) is 0 Å². The third-order valence-corrected chi connectivity index (χ3v) is 1.77. The highest BCUT2D eigenvalue weighted by molar-refractivity contribution is 5.95. The Kier molecular flexibility index (Phi) is 2.70. The number of anilines is 1. The lowest BCUT2D eigenvalue weighted by atomic mass is 10.1. The van der Waals surface area contributed by atoms with Gasteiger partial charge >= 0.3 is 17.3 Å². The number of nitrogens with zero attached hydrogens (tertiary/aromatic N) is 2. The van der Waals surface area contributed by atoms with Crippen molar-refractivity contribution in [1.82, 2.24) is 0 Å². The number of carboxylic acid groups (broad SMARTS) is 1. The van der Waals surface area contributed by atoms with Crippen molar-refractivity contribution in [2.45, 2.75) is 0 Å². The standard InChI is InChI=1S/C7H5N3O6/c8-4-2-6(10(15)16)5(9(13)14)1-3(4)7(11)12/h1-2H,8H2,(H,11,12). The lowest BCUT2D eigenvalue weighted by Crippen LogP contribution is -2.06. The maximum Gasteiger partial charge on any atom is 0.348 e. The van der Waals surface area contributed by atoms with Crippen LogP contribution in [0.3, 0.4) is 0 Å². The quantitative estimate of drug-likeness (QED) is 0.439. The largest absolute Gasteiger partial charge is 0.478 e. The lowest BCUT2D eigenvalue weighted by molar-refractivity contribution is -0.422. The lowest BCUT2D eigenvalue weighted by Gasteiger charge is -2.01. The molecule has 0 fully saturated rings. The molecule has 0 bridgehead atoms. The molecule has 3 N–H and O–H groups in total. The zero-order valence-corrected chi connectivity index (χ0v) is 7.61. The molecule has 0 radical (unpaired) electrons. The number of aromatic carboxylic acids is 1. The number of hydrogen-bond donors (Lipinski definition) is 2. The zero-order valence-electron chi connectivity index (χ0n) is 7.61. The highest BCUT2D eigenvalue weighted by Crippen LogP contribution is 2.31. The molecule has 0 aliphatic rings. The summed E-state index contributed by atoms with van der Waals surface area (Å²) in [5.74, 6) is -1.49. The van der Waals surface area contributed by atoms with Gasteiger partial charge in [0.05, 0.1) is 21.1 Å². The maximum atomic E-state index is 10.6. The van der Waals surface area contributed by atoms with Crippen molar-refractivity contribution >= 4 is 23.0 Å². The van der Waals surface area contributed by atoms with Crippen molar-refractivity contribution in [2.24, 2.45) is 0 Å². The van der Waals surface area contributed by atoms with Gasteiger partial charge in [0.2, 0.25) is 0 Å². The van der Waals surface area contributed by atoms with Crippen LogP contribution in [0.15, 0.2) is 12.1 Å². The molecule has 0 aromatic heterocycles. The smallest absolute Gasteiger partial charge is 0.348 e. The average molecular weight is 227 g/mol. The van der Waals surface area contributed by atoms with Gasteiger partial charge < -0.3 is 10.8 Å². The van der Waals surface area contributed by atoms with Crippen LogP contribution in [0.1, 0.15) is 10.4 Å². The van der Waals surface area contributed by atoms with E-state index in [4.69, 9.17) is 10.8 Å². The van der Waals surface area contributed by atoms with Gasteiger partial charge in [0.15, 0.2) is 0 Å². The second kappa shape index (κ2) is 3.81. The average Bonchev–Trinajstić information content (AvgIpc) is 2.15. The first-order chi connectivity index (χ1) is 7.34. The van der Waals surface area contributed by atoms with Gasteiger partial charge in [-0.3, -0.25) is 20.2 Å². The Balaban J connectivity index is 3.55. The van der Waals surface area contributed by atoms with E-state index in [0.717, 1.165) is 0 Å². The van der Waals surface area contributed by atoms with Crippen LogP contribution in [-0.2, 0) is 0 Å². The Morgan fingerprint density at radius 1 is 1.19 bits per heavy atom. The molecule has 0 aliphatic carbocycles. The Morgan fingerprint density at radius 3 is 2.00 bits per heavy atom. The number of benzene rings is 1. The van der Waals surface area contributed by atoms with E-state index < -0.39 is 38.4 Å². The molecule has 0 atom stereocenters. The minimum absolute atomic E-state index is 0.398. The highest BCUT2D eigenvalue weighted by Gasteiger charge is 2.27. The molecule has 1 aromatic carbocycles. The molecule has 16 heavy (non-hydrogen) atoms. The van der Waals surface area contributed by atoms with Crippen molar-refractivity contribution in [3.63, 3.8) is 0 Å². The topological polar surface area (TPSA) is 150 Å². The number of carboxylic acids is 1. The van der Waals surface area contributed by atoms with E-state index in [1.807, 2.05) is 0 Å². The minimum atomic E-state index is -1.49. The normalized spacial score (nSPS) is 9.75. The molecule has 1 aromatic rings. The van der Waals surface area contributed by atoms with Crippen LogP contribution in [0.25, 0.3) is 0 Å². The predicted molar refractivity (Wildman–Crippen MR) is 51.1 cm³/mol. The second-order valence-corrected chi connectivity index (χ2v) is 2.75. The first kappa shape index (κ1) is 11.4. The van der Waals surface area contributed by atoms with Gasteiger partial charge in [-0.2, -0.15) is 0 Å². The fourth-order valence-corrected chi connectivity index (χ4v) is 1.07. The molecule has 0 heterocycles. The van der Waals surface area contributed by atoms with Crippen molar-refractivity contribution in [3.05, 3.63) is 37.9 Å². The fourth-order valence-electron chi connectivity index (χ4n) is 1.07. The van der Waals surface area contributed by atoms with E-state index in [1.165, 1.54) is 0 Å². The fraction of sp³-hybridized carbons (Fsp3) is 0. The van der Waals surface area contributed by atoms with Crippen LogP contribution in [-0.4, -0.2) is 20.9 Å². The van der Waals surface area contributed by atoms with E-state index in [1.54, 1.807) is 0 Å². The van der Waals surface area contributed by atoms with Crippen molar-refractivity contribution < 1.29 is 19.7 Å². The summed E-state index contributed by atoms with van der Waals surface area (Å²) in [5, 5.41) is 29.6. The third-order valence-electron chi connectivity index (χ3n) is 1.77. The van der Waals surface area contributed by atoms with E-state index in [9.17, 15) is 25.0 Å². The molecule has 84 valence electrons. The number of nitrogen functional groups attached to an aromatic ring is 1. The molecule has 0 spiro atoms. The van der Waals surface area contributed by atoms with Gasteiger partial charge in [0.25, 0.3) is 0 Å². The van der Waals surface area contributed by atoms with E-state index in [0.29, 0.717) is 12.1 Å². The van der Waals surface area contributed by atoms with Gasteiger partial charge in [-0.25, -0.2) is 4.79 Å². The van der Waals surface area contributed by atoms with E-state index in [2.05, 4.69) is 0 Å². The van der Waals surface area contributed by atoms with Gasteiger partial charge in [-0.15, -0.1) is 0 Å². The summed E-state index contributed by atoms with van der Waals surface area (Å²) in [6, 6.07) is 1.22. The summed E-state index contributed by atoms with van der Waals surface area (Å²) < 4.78 is 0. The third kappa shape index (κ3) is 1.87. The number of nitro benzene ring substituents is 2. The summed E-state index contributed by atoms with van der Waals surface area (Å²) >= 11 is 0. The molecule has 0 unspecified atom stereocenters. The Morgan fingerprint density at radius 2 is 1.62 bits per heavy atom. The maximum absolute atomic E-state index is 10.6. The highest BCUT2D eigenvalue weighted by atomic mass is 16.6. The number of rotatable bonds is 3. The number of nitro groups is 2. The van der Waals surface area contributed by atoms with Crippen LogP contribution < -0.4 is 5.73 Å². The Hall–Kier alpha value is -2.71. The van der Waals surface area contributed by atoms with Gasteiger partial charge in [0.1, 0.15) is 0 Å². The molecule has 0 aliphatic heterocycles. The molecular formula is C7H5N3O6. The van der Waals surface area contributed by atoms with Crippen molar-refractivity contribution in [2.75, 3.05) is 5.73 Å². The first-order valence-electron chi connectivity index (χ1n) is 3.80. The molecule has 1 rings (SSSR count). The molecule has 9 nitrogen and oxygen atoms in total. The summed E-state index contributed by atoms with van der Waals surface area (Å²) in [4.78, 5) is 29.5. The van der Waals surface area contributed by atoms with Gasteiger partial charge in [0, 0.05) is 12.1 Å². The Bertz CT molecular complexity index is 497.